The van der Waals surface area contributed by atoms with E-state index >= 15 is 0 Å². The maximum atomic E-state index is 11.1. The van der Waals surface area contributed by atoms with Crippen molar-refractivity contribution in [3.8, 4) is 0 Å². The summed E-state index contributed by atoms with van der Waals surface area (Å²) in [5.74, 6) is -3.42. The summed E-state index contributed by atoms with van der Waals surface area (Å²) >= 11 is 0. The van der Waals surface area contributed by atoms with E-state index in [1.54, 1.807) is 0 Å². The number of carbonyl (C=O) groups is 3. The lowest BCUT2D eigenvalue weighted by Gasteiger charge is -2.15. The SMILES string of the molecule is C[C@H](N)C(=O)[C@H](C=O)C(N)C(=O)O. The molecule has 13 heavy (non-hydrogen) atoms. The van der Waals surface area contributed by atoms with E-state index in [9.17, 15) is 14.4 Å². The summed E-state index contributed by atoms with van der Waals surface area (Å²) in [7, 11) is 0. The van der Waals surface area contributed by atoms with Crippen LogP contribution in [0, 0.1) is 5.92 Å². The molecule has 0 rings (SSSR count). The number of aldehydes is 1. The van der Waals surface area contributed by atoms with Crippen LogP contribution in [0.5, 0.6) is 0 Å². The standard InChI is InChI=1S/C7H12N2O4/c1-3(8)6(11)4(2-10)5(9)7(12)13/h2-5H,8-9H2,1H3,(H,12,13)/t3-,4+,5?/m0/s1. The van der Waals surface area contributed by atoms with Crippen LogP contribution in [0.4, 0.5) is 0 Å². The van der Waals surface area contributed by atoms with Crippen LogP contribution in [0.25, 0.3) is 0 Å². The average molecular weight is 188 g/mol. The molecular weight excluding hydrogens is 176 g/mol. The van der Waals surface area contributed by atoms with Crippen LogP contribution >= 0.6 is 0 Å². The van der Waals surface area contributed by atoms with Crippen molar-refractivity contribution >= 4 is 18.0 Å². The van der Waals surface area contributed by atoms with Gasteiger partial charge < -0.3 is 21.4 Å². The predicted octanol–water partition coefficient (Wildman–Crippen LogP) is -1.87. The number of carboxylic acid groups (broad SMARTS) is 1. The molecular formula is C7H12N2O4. The van der Waals surface area contributed by atoms with Gasteiger partial charge in [-0.2, -0.15) is 0 Å². The van der Waals surface area contributed by atoms with Crippen LogP contribution in [-0.2, 0) is 14.4 Å². The molecule has 74 valence electrons. The van der Waals surface area contributed by atoms with Gasteiger partial charge in [0.25, 0.3) is 0 Å². The third-order valence-corrected chi connectivity index (χ3v) is 1.60. The molecule has 0 saturated carbocycles. The summed E-state index contributed by atoms with van der Waals surface area (Å²) in [4.78, 5) is 31.8. The molecule has 1 unspecified atom stereocenters. The number of aliphatic carboxylic acids is 1. The van der Waals surface area contributed by atoms with Crippen molar-refractivity contribution in [3.05, 3.63) is 0 Å². The number of carbonyl (C=O) groups excluding carboxylic acids is 2. The Hall–Kier alpha value is -1.27. The van der Waals surface area contributed by atoms with E-state index < -0.39 is 29.8 Å². The van der Waals surface area contributed by atoms with Gasteiger partial charge in [0.1, 0.15) is 18.2 Å². The summed E-state index contributed by atoms with van der Waals surface area (Å²) in [5, 5.41) is 8.44. The number of Topliss-reactive ketones (excluding diaryl/α,β-unsaturated/α-hetero) is 1. The Kier molecular flexibility index (Phi) is 4.22. The van der Waals surface area contributed by atoms with E-state index in [-0.39, 0.29) is 6.29 Å². The molecule has 5 N–H and O–H groups in total. The van der Waals surface area contributed by atoms with E-state index in [2.05, 4.69) is 0 Å². The quantitative estimate of drug-likeness (QED) is 0.343. The molecule has 6 heteroatoms. The molecule has 0 aromatic heterocycles. The molecule has 0 aromatic rings. The highest BCUT2D eigenvalue weighted by molar-refractivity contribution is 6.00. The summed E-state index contributed by atoms with van der Waals surface area (Å²) in [6.45, 7) is 1.37. The van der Waals surface area contributed by atoms with Gasteiger partial charge in [-0.05, 0) is 6.92 Å². The second kappa shape index (κ2) is 4.68. The molecule has 0 aliphatic carbocycles. The van der Waals surface area contributed by atoms with Crippen LogP contribution in [0.1, 0.15) is 6.92 Å². The second-order valence-corrected chi connectivity index (χ2v) is 2.72. The molecule has 0 aromatic carbocycles. The molecule has 0 amide bonds. The van der Waals surface area contributed by atoms with E-state index in [0.717, 1.165) is 0 Å². The molecule has 0 aliphatic heterocycles. The van der Waals surface area contributed by atoms with Crippen molar-refractivity contribution in [2.45, 2.75) is 19.0 Å². The maximum Gasteiger partial charge on any atom is 0.321 e. The van der Waals surface area contributed by atoms with Crippen LogP contribution in [0.3, 0.4) is 0 Å². The van der Waals surface area contributed by atoms with Gasteiger partial charge in [-0.1, -0.05) is 0 Å². The van der Waals surface area contributed by atoms with Crippen molar-refractivity contribution in [3.63, 3.8) is 0 Å². The minimum Gasteiger partial charge on any atom is -0.480 e. The Morgan fingerprint density at radius 1 is 1.38 bits per heavy atom. The van der Waals surface area contributed by atoms with E-state index in [0.29, 0.717) is 0 Å². The second-order valence-electron chi connectivity index (χ2n) is 2.72. The van der Waals surface area contributed by atoms with Crippen molar-refractivity contribution < 1.29 is 19.5 Å². The van der Waals surface area contributed by atoms with Crippen LogP contribution in [-0.4, -0.2) is 35.2 Å². The first-order valence-corrected chi connectivity index (χ1v) is 3.64. The van der Waals surface area contributed by atoms with Gasteiger partial charge in [0.15, 0.2) is 5.78 Å². The number of nitrogens with two attached hydrogens (primary N) is 2. The molecule has 0 radical (unpaired) electrons. The Morgan fingerprint density at radius 3 is 2.08 bits per heavy atom. The third kappa shape index (κ3) is 2.92. The highest BCUT2D eigenvalue weighted by Gasteiger charge is 2.31. The monoisotopic (exact) mass is 188 g/mol. The fourth-order valence-electron chi connectivity index (χ4n) is 0.786. The molecule has 3 atom stereocenters. The topological polar surface area (TPSA) is 123 Å². The minimum atomic E-state index is -1.52. The zero-order chi connectivity index (χ0) is 10.6. The van der Waals surface area contributed by atoms with Crippen molar-refractivity contribution in [1.82, 2.24) is 0 Å². The van der Waals surface area contributed by atoms with Gasteiger partial charge in [-0.15, -0.1) is 0 Å². The summed E-state index contributed by atoms with van der Waals surface area (Å²) < 4.78 is 0. The Bertz CT molecular complexity index is 227. The molecule has 0 heterocycles. The first kappa shape index (κ1) is 11.7. The lowest BCUT2D eigenvalue weighted by atomic mass is 9.94. The van der Waals surface area contributed by atoms with Crippen molar-refractivity contribution in [2.24, 2.45) is 17.4 Å². The Balaban J connectivity index is 4.60. The predicted molar refractivity (Wildman–Crippen MR) is 43.8 cm³/mol. The summed E-state index contributed by atoms with van der Waals surface area (Å²) in [6, 6.07) is -2.41. The number of ketones is 1. The van der Waals surface area contributed by atoms with E-state index in [1.165, 1.54) is 6.92 Å². The summed E-state index contributed by atoms with van der Waals surface area (Å²) in [5.41, 5.74) is 10.3. The smallest absolute Gasteiger partial charge is 0.321 e. The number of rotatable bonds is 5. The molecule has 0 aliphatic rings. The largest absolute Gasteiger partial charge is 0.480 e. The molecule has 6 nitrogen and oxygen atoms in total. The molecule has 0 fully saturated rings. The van der Waals surface area contributed by atoms with Crippen molar-refractivity contribution in [1.29, 1.82) is 0 Å². The van der Waals surface area contributed by atoms with Gasteiger partial charge in [0.2, 0.25) is 0 Å². The molecule has 0 bridgehead atoms. The number of hydrogen-bond donors (Lipinski definition) is 3. The van der Waals surface area contributed by atoms with E-state index in [1.807, 2.05) is 0 Å². The lowest BCUT2D eigenvalue weighted by molar-refractivity contribution is -0.144. The fourth-order valence-corrected chi connectivity index (χ4v) is 0.786. The highest BCUT2D eigenvalue weighted by Crippen LogP contribution is 2.02. The zero-order valence-electron chi connectivity index (χ0n) is 7.14. The average Bonchev–Trinajstić information content (AvgIpc) is 2.04. The first-order valence-electron chi connectivity index (χ1n) is 3.64. The van der Waals surface area contributed by atoms with Gasteiger partial charge in [0, 0.05) is 0 Å². The van der Waals surface area contributed by atoms with Gasteiger partial charge in [0.05, 0.1) is 6.04 Å². The minimum absolute atomic E-state index is 0.213. The van der Waals surface area contributed by atoms with Crippen LogP contribution in [0.15, 0.2) is 0 Å². The third-order valence-electron chi connectivity index (χ3n) is 1.60. The summed E-state index contributed by atoms with van der Waals surface area (Å²) in [6.07, 6.45) is 0.213. The normalized spacial score (nSPS) is 17.2. The van der Waals surface area contributed by atoms with Crippen LogP contribution < -0.4 is 11.5 Å². The molecule has 0 spiro atoms. The van der Waals surface area contributed by atoms with Crippen LogP contribution in [0.2, 0.25) is 0 Å². The fraction of sp³-hybridized carbons (Fsp3) is 0.571. The first-order chi connectivity index (χ1) is 5.91. The maximum absolute atomic E-state index is 11.1. The van der Waals surface area contributed by atoms with Gasteiger partial charge >= 0.3 is 5.97 Å². The Morgan fingerprint density at radius 2 is 1.85 bits per heavy atom. The van der Waals surface area contributed by atoms with Gasteiger partial charge in [-0.3, -0.25) is 9.59 Å². The highest BCUT2D eigenvalue weighted by atomic mass is 16.4. The zero-order valence-corrected chi connectivity index (χ0v) is 7.14. The van der Waals surface area contributed by atoms with Crippen molar-refractivity contribution in [2.75, 3.05) is 0 Å². The number of carboxylic acids is 1. The van der Waals surface area contributed by atoms with E-state index in [4.69, 9.17) is 16.6 Å². The van der Waals surface area contributed by atoms with Gasteiger partial charge in [-0.25, -0.2) is 0 Å². The lowest BCUT2D eigenvalue weighted by Crippen LogP contribution is -2.47. The molecule has 0 saturated heterocycles. The Labute approximate surface area is 74.9 Å². The number of hydrogen-bond acceptors (Lipinski definition) is 5.